The maximum Gasteiger partial charge on any atom is 0.335 e. The molecule has 0 aromatic heterocycles. The summed E-state index contributed by atoms with van der Waals surface area (Å²) >= 11 is 0. The second-order valence-electron chi connectivity index (χ2n) is 4.48. The maximum atomic E-state index is 11.0. The van der Waals surface area contributed by atoms with E-state index in [-0.39, 0.29) is 5.56 Å². The molecule has 0 aliphatic heterocycles. The average molecular weight is 286 g/mol. The van der Waals surface area contributed by atoms with Crippen LogP contribution in [0.15, 0.2) is 48.5 Å². The lowest BCUT2D eigenvalue weighted by atomic mass is 10.2. The lowest BCUT2D eigenvalue weighted by Crippen LogP contribution is -2.05. The van der Waals surface area contributed by atoms with Crippen molar-refractivity contribution in [3.8, 4) is 11.5 Å². The molecule has 21 heavy (non-hydrogen) atoms. The van der Waals surface area contributed by atoms with E-state index in [9.17, 15) is 4.79 Å². The fourth-order valence-electron chi connectivity index (χ4n) is 1.95. The van der Waals surface area contributed by atoms with E-state index in [1.807, 2.05) is 37.3 Å². The first kappa shape index (κ1) is 14.9. The van der Waals surface area contributed by atoms with Crippen LogP contribution in [0.1, 0.15) is 22.8 Å². The Bertz CT molecular complexity index is 593. The van der Waals surface area contributed by atoms with E-state index in [0.29, 0.717) is 24.7 Å². The highest BCUT2D eigenvalue weighted by Gasteiger charge is 2.10. The molecule has 2 aromatic carbocycles. The van der Waals surface area contributed by atoms with Gasteiger partial charge < -0.3 is 14.6 Å². The quantitative estimate of drug-likeness (QED) is 0.847. The van der Waals surface area contributed by atoms with Gasteiger partial charge in [0.25, 0.3) is 0 Å². The van der Waals surface area contributed by atoms with Crippen molar-refractivity contribution >= 4 is 5.97 Å². The number of rotatable bonds is 7. The third-order valence-electron chi connectivity index (χ3n) is 2.98. The smallest absolute Gasteiger partial charge is 0.335 e. The largest absolute Gasteiger partial charge is 0.490 e. The molecule has 0 unspecified atom stereocenters. The molecule has 0 saturated heterocycles. The molecule has 2 aromatic rings. The Kier molecular flexibility index (Phi) is 5.21. The van der Waals surface area contributed by atoms with Gasteiger partial charge in [-0.1, -0.05) is 30.3 Å². The summed E-state index contributed by atoms with van der Waals surface area (Å²) in [5, 5.41) is 9.00. The van der Waals surface area contributed by atoms with E-state index >= 15 is 0 Å². The van der Waals surface area contributed by atoms with E-state index in [2.05, 4.69) is 0 Å². The summed E-state index contributed by atoms with van der Waals surface area (Å²) < 4.78 is 11.2. The van der Waals surface area contributed by atoms with Crippen molar-refractivity contribution in [3.05, 3.63) is 59.7 Å². The van der Waals surface area contributed by atoms with Gasteiger partial charge in [-0.15, -0.1) is 0 Å². The average Bonchev–Trinajstić information content (AvgIpc) is 2.50. The zero-order valence-corrected chi connectivity index (χ0v) is 11.9. The summed E-state index contributed by atoms with van der Waals surface area (Å²) in [7, 11) is 0. The van der Waals surface area contributed by atoms with E-state index in [0.717, 1.165) is 6.42 Å². The molecule has 0 spiro atoms. The molecule has 0 aliphatic rings. The van der Waals surface area contributed by atoms with Gasteiger partial charge in [0.1, 0.15) is 0 Å². The van der Waals surface area contributed by atoms with Crippen LogP contribution in [0.4, 0.5) is 0 Å². The van der Waals surface area contributed by atoms with Gasteiger partial charge in [0.05, 0.1) is 18.8 Å². The van der Waals surface area contributed by atoms with Gasteiger partial charge in [-0.3, -0.25) is 0 Å². The van der Waals surface area contributed by atoms with Crippen LogP contribution in [0.25, 0.3) is 0 Å². The first-order chi connectivity index (χ1) is 10.2. The number of aromatic carboxylic acids is 1. The van der Waals surface area contributed by atoms with Crippen LogP contribution in [0, 0.1) is 0 Å². The van der Waals surface area contributed by atoms with Crippen LogP contribution in [-0.2, 0) is 6.42 Å². The van der Waals surface area contributed by atoms with Crippen molar-refractivity contribution < 1.29 is 19.4 Å². The Hall–Kier alpha value is -2.49. The van der Waals surface area contributed by atoms with Crippen molar-refractivity contribution in [2.75, 3.05) is 13.2 Å². The molecule has 0 bridgehead atoms. The molecular formula is C17H18O4. The molecule has 110 valence electrons. The maximum absolute atomic E-state index is 11.0. The number of carboxylic acid groups (broad SMARTS) is 1. The van der Waals surface area contributed by atoms with Crippen LogP contribution in [0.3, 0.4) is 0 Å². The Balaban J connectivity index is 2.03. The van der Waals surface area contributed by atoms with E-state index in [1.165, 1.54) is 17.7 Å². The molecule has 1 N–H and O–H groups in total. The van der Waals surface area contributed by atoms with Crippen molar-refractivity contribution in [2.45, 2.75) is 13.3 Å². The second-order valence-corrected chi connectivity index (χ2v) is 4.48. The molecule has 0 atom stereocenters. The minimum absolute atomic E-state index is 0.189. The van der Waals surface area contributed by atoms with E-state index < -0.39 is 5.97 Å². The summed E-state index contributed by atoms with van der Waals surface area (Å²) in [6.45, 7) is 2.82. The summed E-state index contributed by atoms with van der Waals surface area (Å²) in [4.78, 5) is 11.0. The number of carbonyl (C=O) groups is 1. The lowest BCUT2D eigenvalue weighted by Gasteiger charge is -2.12. The van der Waals surface area contributed by atoms with Crippen LogP contribution >= 0.6 is 0 Å². The lowest BCUT2D eigenvalue weighted by molar-refractivity contribution is 0.0696. The predicted molar refractivity (Wildman–Crippen MR) is 80.2 cm³/mol. The standard InChI is InChI=1S/C17H18O4/c1-2-20-16-12-14(17(18)19)8-9-15(16)21-11-10-13-6-4-3-5-7-13/h3-9,12H,2,10-11H2,1H3,(H,18,19). The number of hydrogen-bond acceptors (Lipinski definition) is 3. The molecule has 4 heteroatoms. The number of benzene rings is 2. The molecule has 0 fully saturated rings. The molecule has 0 heterocycles. The molecule has 0 aliphatic carbocycles. The summed E-state index contributed by atoms with van der Waals surface area (Å²) in [6.07, 6.45) is 0.785. The van der Waals surface area contributed by atoms with Gasteiger partial charge in [-0.05, 0) is 30.7 Å². The third kappa shape index (κ3) is 4.24. The van der Waals surface area contributed by atoms with Crippen molar-refractivity contribution in [2.24, 2.45) is 0 Å². The minimum atomic E-state index is -0.980. The highest BCUT2D eigenvalue weighted by Crippen LogP contribution is 2.28. The van der Waals surface area contributed by atoms with Crippen molar-refractivity contribution in [3.63, 3.8) is 0 Å². The number of ether oxygens (including phenoxy) is 2. The van der Waals surface area contributed by atoms with Crippen LogP contribution in [-0.4, -0.2) is 24.3 Å². The van der Waals surface area contributed by atoms with Gasteiger partial charge in [0.15, 0.2) is 11.5 Å². The topological polar surface area (TPSA) is 55.8 Å². The first-order valence-corrected chi connectivity index (χ1v) is 6.87. The molecule has 0 saturated carbocycles. The summed E-state index contributed by atoms with van der Waals surface area (Å²) in [5.41, 5.74) is 1.38. The van der Waals surface area contributed by atoms with Crippen LogP contribution in [0.2, 0.25) is 0 Å². The van der Waals surface area contributed by atoms with E-state index in [4.69, 9.17) is 14.6 Å². The van der Waals surface area contributed by atoms with Crippen LogP contribution in [0.5, 0.6) is 11.5 Å². The third-order valence-corrected chi connectivity index (χ3v) is 2.98. The van der Waals surface area contributed by atoms with Gasteiger partial charge in [0, 0.05) is 6.42 Å². The highest BCUT2D eigenvalue weighted by molar-refractivity contribution is 5.88. The zero-order valence-electron chi connectivity index (χ0n) is 11.9. The molecule has 4 nitrogen and oxygen atoms in total. The monoisotopic (exact) mass is 286 g/mol. The molecule has 2 rings (SSSR count). The first-order valence-electron chi connectivity index (χ1n) is 6.87. The van der Waals surface area contributed by atoms with Gasteiger partial charge in [-0.25, -0.2) is 4.79 Å². The summed E-state index contributed by atoms with van der Waals surface area (Å²) in [6, 6.07) is 14.7. The summed E-state index contributed by atoms with van der Waals surface area (Å²) in [5.74, 6) is 0.0510. The molecular weight excluding hydrogens is 268 g/mol. The van der Waals surface area contributed by atoms with E-state index in [1.54, 1.807) is 6.07 Å². The van der Waals surface area contributed by atoms with Gasteiger partial charge in [0.2, 0.25) is 0 Å². The number of hydrogen-bond donors (Lipinski definition) is 1. The zero-order chi connectivity index (χ0) is 15.1. The Labute approximate surface area is 123 Å². The van der Waals surface area contributed by atoms with Crippen molar-refractivity contribution in [1.82, 2.24) is 0 Å². The Morgan fingerprint density at radius 2 is 1.81 bits per heavy atom. The van der Waals surface area contributed by atoms with Crippen molar-refractivity contribution in [1.29, 1.82) is 0 Å². The normalized spacial score (nSPS) is 10.1. The molecule has 0 amide bonds. The number of carboxylic acids is 1. The Morgan fingerprint density at radius 3 is 2.48 bits per heavy atom. The minimum Gasteiger partial charge on any atom is -0.490 e. The highest BCUT2D eigenvalue weighted by atomic mass is 16.5. The SMILES string of the molecule is CCOc1cc(C(=O)O)ccc1OCCc1ccccc1. The fourth-order valence-corrected chi connectivity index (χ4v) is 1.95. The van der Waals surface area contributed by atoms with Crippen LogP contribution < -0.4 is 9.47 Å². The fraction of sp³-hybridized carbons (Fsp3) is 0.235. The predicted octanol–water partition coefficient (Wildman–Crippen LogP) is 3.41. The Morgan fingerprint density at radius 1 is 1.05 bits per heavy atom. The van der Waals surface area contributed by atoms with Gasteiger partial charge in [-0.2, -0.15) is 0 Å². The molecule has 0 radical (unpaired) electrons. The van der Waals surface area contributed by atoms with Gasteiger partial charge >= 0.3 is 5.97 Å². The second kappa shape index (κ2) is 7.33.